The molecule has 0 aliphatic carbocycles. The average molecular weight is 246 g/mol. The molecule has 4 aromatic rings. The molecule has 90 valence electrons. The summed E-state index contributed by atoms with van der Waals surface area (Å²) in [5.41, 5.74) is 3.90. The summed E-state index contributed by atoms with van der Waals surface area (Å²) in [6.07, 6.45) is 5.39. The normalized spacial score (nSPS) is 11.2. The highest BCUT2D eigenvalue weighted by molar-refractivity contribution is 5.84. The van der Waals surface area contributed by atoms with Gasteiger partial charge in [0, 0.05) is 29.5 Å². The number of hydrogen-bond donors (Lipinski definition) is 1. The number of benzene rings is 1. The van der Waals surface area contributed by atoms with Crippen molar-refractivity contribution in [1.82, 2.24) is 19.9 Å². The minimum Gasteiger partial charge on any atom is -0.338 e. The third-order valence-corrected chi connectivity index (χ3v) is 3.14. The quantitative estimate of drug-likeness (QED) is 0.561. The summed E-state index contributed by atoms with van der Waals surface area (Å²) >= 11 is 0. The minimum atomic E-state index is 0.833. The van der Waals surface area contributed by atoms with E-state index in [1.807, 2.05) is 48.8 Å². The van der Waals surface area contributed by atoms with E-state index < -0.39 is 0 Å². The van der Waals surface area contributed by atoms with Gasteiger partial charge in [-0.15, -0.1) is 0 Å². The van der Waals surface area contributed by atoms with Gasteiger partial charge in [0.05, 0.1) is 16.6 Å². The van der Waals surface area contributed by atoms with Gasteiger partial charge < -0.3 is 4.98 Å². The molecule has 4 rings (SSSR count). The SMILES string of the molecule is c1ccc2[nH]c(-c3cnc4ccncc4c3)nc2c1. The first-order chi connectivity index (χ1) is 9.40. The summed E-state index contributed by atoms with van der Waals surface area (Å²) in [4.78, 5) is 16.4. The first-order valence-corrected chi connectivity index (χ1v) is 6.05. The van der Waals surface area contributed by atoms with Gasteiger partial charge in [0.1, 0.15) is 5.82 Å². The fourth-order valence-electron chi connectivity index (χ4n) is 2.19. The van der Waals surface area contributed by atoms with Crippen LogP contribution >= 0.6 is 0 Å². The van der Waals surface area contributed by atoms with Gasteiger partial charge in [-0.05, 0) is 24.3 Å². The zero-order valence-corrected chi connectivity index (χ0v) is 10.0. The molecule has 3 aromatic heterocycles. The molecule has 1 aromatic carbocycles. The Bertz CT molecular complexity index is 846. The molecule has 0 amide bonds. The van der Waals surface area contributed by atoms with E-state index in [0.29, 0.717) is 0 Å². The van der Waals surface area contributed by atoms with Crippen molar-refractivity contribution in [2.45, 2.75) is 0 Å². The molecule has 0 spiro atoms. The van der Waals surface area contributed by atoms with Crippen LogP contribution in [0.4, 0.5) is 0 Å². The summed E-state index contributed by atoms with van der Waals surface area (Å²) in [5, 5.41) is 1.01. The third-order valence-electron chi connectivity index (χ3n) is 3.14. The van der Waals surface area contributed by atoms with Gasteiger partial charge >= 0.3 is 0 Å². The highest BCUT2D eigenvalue weighted by atomic mass is 14.9. The molecular formula is C15H10N4. The number of nitrogens with zero attached hydrogens (tertiary/aromatic N) is 3. The van der Waals surface area contributed by atoms with Gasteiger partial charge in [-0.25, -0.2) is 4.98 Å². The molecular weight excluding hydrogens is 236 g/mol. The molecule has 4 nitrogen and oxygen atoms in total. The maximum Gasteiger partial charge on any atom is 0.140 e. The van der Waals surface area contributed by atoms with E-state index in [2.05, 4.69) is 19.9 Å². The summed E-state index contributed by atoms with van der Waals surface area (Å²) in [5.74, 6) is 0.833. The third kappa shape index (κ3) is 1.65. The predicted molar refractivity (Wildman–Crippen MR) is 74.6 cm³/mol. The van der Waals surface area contributed by atoms with E-state index >= 15 is 0 Å². The van der Waals surface area contributed by atoms with Crippen LogP contribution in [0.2, 0.25) is 0 Å². The minimum absolute atomic E-state index is 0.833. The highest BCUT2D eigenvalue weighted by Crippen LogP contribution is 2.22. The van der Waals surface area contributed by atoms with E-state index in [4.69, 9.17) is 0 Å². The van der Waals surface area contributed by atoms with Crippen LogP contribution in [0, 0.1) is 0 Å². The van der Waals surface area contributed by atoms with Crippen LogP contribution in [0.25, 0.3) is 33.3 Å². The first kappa shape index (κ1) is 10.2. The zero-order valence-electron chi connectivity index (χ0n) is 10.0. The Kier molecular flexibility index (Phi) is 2.08. The lowest BCUT2D eigenvalue weighted by Crippen LogP contribution is -1.85. The van der Waals surface area contributed by atoms with Crippen molar-refractivity contribution in [3.63, 3.8) is 0 Å². The molecule has 3 heterocycles. The second-order valence-corrected chi connectivity index (χ2v) is 4.39. The Hall–Kier alpha value is -2.75. The van der Waals surface area contributed by atoms with Gasteiger partial charge in [0.25, 0.3) is 0 Å². The largest absolute Gasteiger partial charge is 0.338 e. The summed E-state index contributed by atoms with van der Waals surface area (Å²) in [6, 6.07) is 11.9. The molecule has 0 unspecified atom stereocenters. The molecule has 1 N–H and O–H groups in total. The summed E-state index contributed by atoms with van der Waals surface area (Å²) in [6.45, 7) is 0. The van der Waals surface area contributed by atoms with E-state index in [1.54, 1.807) is 6.20 Å². The van der Waals surface area contributed by atoms with Crippen molar-refractivity contribution in [2.24, 2.45) is 0 Å². The van der Waals surface area contributed by atoms with Gasteiger partial charge in [0.15, 0.2) is 0 Å². The molecule has 4 heteroatoms. The van der Waals surface area contributed by atoms with E-state index in [-0.39, 0.29) is 0 Å². The second kappa shape index (κ2) is 3.88. The Balaban J connectivity index is 1.93. The predicted octanol–water partition coefficient (Wildman–Crippen LogP) is 3.17. The Labute approximate surface area is 109 Å². The molecule has 0 saturated heterocycles. The summed E-state index contributed by atoms with van der Waals surface area (Å²) in [7, 11) is 0. The molecule has 0 aliphatic rings. The van der Waals surface area contributed by atoms with Crippen LogP contribution in [0.15, 0.2) is 55.0 Å². The van der Waals surface area contributed by atoms with Gasteiger partial charge in [-0.3, -0.25) is 9.97 Å². The Morgan fingerprint density at radius 2 is 1.89 bits per heavy atom. The number of pyridine rings is 2. The lowest BCUT2D eigenvalue weighted by Gasteiger charge is -1.99. The van der Waals surface area contributed by atoms with E-state index in [9.17, 15) is 0 Å². The molecule has 0 bridgehead atoms. The van der Waals surface area contributed by atoms with Gasteiger partial charge in [0.2, 0.25) is 0 Å². The standard InChI is InChI=1S/C15H10N4/c1-2-4-14-13(3-1)18-15(19-14)11-7-10-8-16-6-5-12(10)17-9-11/h1-9H,(H,18,19). The van der Waals surface area contributed by atoms with Crippen LogP contribution in [0.5, 0.6) is 0 Å². The monoisotopic (exact) mass is 246 g/mol. The fourth-order valence-corrected chi connectivity index (χ4v) is 2.19. The number of fused-ring (bicyclic) bond motifs is 2. The van der Waals surface area contributed by atoms with Crippen molar-refractivity contribution in [3.8, 4) is 11.4 Å². The molecule has 0 radical (unpaired) electrons. The maximum absolute atomic E-state index is 4.57. The van der Waals surface area contributed by atoms with Gasteiger partial charge in [-0.2, -0.15) is 0 Å². The number of nitrogens with one attached hydrogen (secondary N) is 1. The van der Waals surface area contributed by atoms with Crippen molar-refractivity contribution >= 4 is 21.9 Å². The Morgan fingerprint density at radius 1 is 0.947 bits per heavy atom. The van der Waals surface area contributed by atoms with E-state index in [0.717, 1.165) is 33.3 Å². The van der Waals surface area contributed by atoms with Crippen molar-refractivity contribution < 1.29 is 0 Å². The number of aromatic amines is 1. The van der Waals surface area contributed by atoms with Crippen molar-refractivity contribution in [1.29, 1.82) is 0 Å². The number of para-hydroxylation sites is 2. The number of H-pyrrole nitrogens is 1. The lowest BCUT2D eigenvalue weighted by atomic mass is 10.2. The Morgan fingerprint density at radius 3 is 2.84 bits per heavy atom. The highest BCUT2D eigenvalue weighted by Gasteiger charge is 2.06. The molecule has 0 aliphatic heterocycles. The first-order valence-electron chi connectivity index (χ1n) is 6.05. The maximum atomic E-state index is 4.57. The van der Waals surface area contributed by atoms with Crippen molar-refractivity contribution in [2.75, 3.05) is 0 Å². The van der Waals surface area contributed by atoms with Gasteiger partial charge in [-0.1, -0.05) is 12.1 Å². The second-order valence-electron chi connectivity index (χ2n) is 4.39. The van der Waals surface area contributed by atoms with Crippen LogP contribution < -0.4 is 0 Å². The fraction of sp³-hybridized carbons (Fsp3) is 0. The van der Waals surface area contributed by atoms with E-state index in [1.165, 1.54) is 0 Å². The summed E-state index contributed by atoms with van der Waals surface area (Å²) < 4.78 is 0. The number of rotatable bonds is 1. The van der Waals surface area contributed by atoms with Crippen LogP contribution in [-0.2, 0) is 0 Å². The number of hydrogen-bond acceptors (Lipinski definition) is 3. The van der Waals surface area contributed by atoms with Crippen LogP contribution in [-0.4, -0.2) is 19.9 Å². The number of imidazole rings is 1. The topological polar surface area (TPSA) is 54.5 Å². The molecule has 0 fully saturated rings. The lowest BCUT2D eigenvalue weighted by molar-refractivity contribution is 1.29. The zero-order chi connectivity index (χ0) is 12.7. The molecule has 0 saturated carbocycles. The smallest absolute Gasteiger partial charge is 0.140 e. The van der Waals surface area contributed by atoms with Crippen LogP contribution in [0.1, 0.15) is 0 Å². The van der Waals surface area contributed by atoms with Crippen LogP contribution in [0.3, 0.4) is 0 Å². The number of aromatic nitrogens is 4. The van der Waals surface area contributed by atoms with Crippen molar-refractivity contribution in [3.05, 3.63) is 55.0 Å². The molecule has 19 heavy (non-hydrogen) atoms. The average Bonchev–Trinajstić information content (AvgIpc) is 2.90. The molecule has 0 atom stereocenters.